The van der Waals surface area contributed by atoms with Crippen LogP contribution >= 0.6 is 0 Å². The first-order valence-electron chi connectivity index (χ1n) is 12.2. The number of alkyl carbamates (subject to hydrolysis) is 1. The molecule has 0 radical (unpaired) electrons. The fourth-order valence-corrected chi connectivity index (χ4v) is 4.24. The van der Waals surface area contributed by atoms with E-state index >= 15 is 0 Å². The predicted octanol–water partition coefficient (Wildman–Crippen LogP) is 2.44. The third kappa shape index (κ3) is 8.63. The van der Waals surface area contributed by atoms with Crippen LogP contribution in [0.1, 0.15) is 60.8 Å². The number of hydrogen-bond donors (Lipinski definition) is 4. The molecule has 0 bridgehead atoms. The molecule has 1 aliphatic heterocycles. The molecule has 37 heavy (non-hydrogen) atoms. The lowest BCUT2D eigenvalue weighted by Crippen LogP contribution is -2.54. The van der Waals surface area contributed by atoms with Crippen LogP contribution in [0, 0.1) is 11.3 Å². The van der Waals surface area contributed by atoms with Crippen LogP contribution in [-0.4, -0.2) is 64.5 Å². The van der Waals surface area contributed by atoms with Gasteiger partial charge in [0.15, 0.2) is 0 Å². The number of nitrogens with zero attached hydrogens (tertiary/aromatic N) is 1. The lowest BCUT2D eigenvalue weighted by molar-refractivity contribution is -0.142. The quantitative estimate of drug-likeness (QED) is 0.364. The molecule has 0 aromatic heterocycles. The van der Waals surface area contributed by atoms with Gasteiger partial charge in [-0.25, -0.2) is 4.79 Å². The molecule has 0 aliphatic carbocycles. The van der Waals surface area contributed by atoms with E-state index in [1.165, 1.54) is 11.8 Å². The molecule has 1 aromatic rings. The number of hydrogen-bond acceptors (Lipinski definition) is 7. The number of amides is 3. The molecule has 1 aromatic carbocycles. The number of carboxylic acids is 1. The van der Waals surface area contributed by atoms with Crippen molar-refractivity contribution >= 4 is 29.6 Å². The molecule has 0 unspecified atom stereocenters. The number of ether oxygens (including phenoxy) is 2. The molecule has 1 aliphatic rings. The highest BCUT2D eigenvalue weighted by molar-refractivity contribution is 6.02. The summed E-state index contributed by atoms with van der Waals surface area (Å²) in [6.45, 7) is 10.0. The first-order chi connectivity index (χ1) is 17.0. The highest BCUT2D eigenvalue weighted by atomic mass is 16.6. The second-order valence-electron chi connectivity index (χ2n) is 11.3. The molecule has 11 heteroatoms. The molecule has 5 N–H and O–H groups in total. The van der Waals surface area contributed by atoms with Gasteiger partial charge in [-0.1, -0.05) is 32.9 Å². The number of carbonyl (C=O) groups excluding carboxylic acids is 3. The van der Waals surface area contributed by atoms with Crippen molar-refractivity contribution in [1.82, 2.24) is 5.32 Å². The maximum absolute atomic E-state index is 13.5. The predicted molar refractivity (Wildman–Crippen MR) is 136 cm³/mol. The van der Waals surface area contributed by atoms with E-state index in [-0.39, 0.29) is 31.8 Å². The number of nitrogens with two attached hydrogens (primary N) is 1. The van der Waals surface area contributed by atoms with E-state index in [0.29, 0.717) is 11.4 Å². The Labute approximate surface area is 217 Å². The molecule has 0 saturated heterocycles. The first kappa shape index (κ1) is 29.9. The van der Waals surface area contributed by atoms with Crippen molar-refractivity contribution in [3.8, 4) is 5.75 Å². The van der Waals surface area contributed by atoms with Crippen molar-refractivity contribution in [1.29, 1.82) is 0 Å². The van der Waals surface area contributed by atoms with Crippen molar-refractivity contribution in [2.75, 3.05) is 11.5 Å². The van der Waals surface area contributed by atoms with Crippen LogP contribution in [0.5, 0.6) is 5.75 Å². The number of aliphatic hydroxyl groups excluding tert-OH is 1. The number of para-hydroxylation sites is 2. The van der Waals surface area contributed by atoms with E-state index in [4.69, 9.17) is 15.2 Å². The molecule has 0 fully saturated rings. The van der Waals surface area contributed by atoms with Crippen LogP contribution in [-0.2, 0) is 19.1 Å². The topological polar surface area (TPSA) is 168 Å². The van der Waals surface area contributed by atoms with Crippen molar-refractivity contribution in [2.24, 2.45) is 17.1 Å². The number of anilines is 1. The van der Waals surface area contributed by atoms with Gasteiger partial charge >= 0.3 is 12.1 Å². The summed E-state index contributed by atoms with van der Waals surface area (Å²) in [6, 6.07) is 4.94. The molecule has 2 rings (SSSR count). The summed E-state index contributed by atoms with van der Waals surface area (Å²) in [6.07, 6.45) is -2.02. The second-order valence-corrected chi connectivity index (χ2v) is 11.3. The Bertz CT molecular complexity index is 1000. The third-order valence-electron chi connectivity index (χ3n) is 6.02. The van der Waals surface area contributed by atoms with Gasteiger partial charge in [-0.2, -0.15) is 0 Å². The average Bonchev–Trinajstić information content (AvgIpc) is 2.75. The van der Waals surface area contributed by atoms with Gasteiger partial charge < -0.3 is 30.7 Å². The van der Waals surface area contributed by atoms with E-state index < -0.39 is 53.1 Å². The Balaban J connectivity index is 2.26. The molecule has 3 amide bonds. The van der Waals surface area contributed by atoms with Crippen LogP contribution in [0.2, 0.25) is 0 Å². The summed E-state index contributed by atoms with van der Waals surface area (Å²) in [5, 5.41) is 22.8. The molecular formula is C26H39N3O8. The maximum Gasteiger partial charge on any atom is 0.407 e. The fourth-order valence-electron chi connectivity index (χ4n) is 4.24. The van der Waals surface area contributed by atoms with Crippen LogP contribution in [0.3, 0.4) is 0 Å². The molecular weight excluding hydrogens is 482 g/mol. The smallest absolute Gasteiger partial charge is 0.407 e. The van der Waals surface area contributed by atoms with Crippen LogP contribution in [0.25, 0.3) is 0 Å². The molecule has 1 heterocycles. The van der Waals surface area contributed by atoms with E-state index in [0.717, 1.165) is 0 Å². The Morgan fingerprint density at radius 2 is 1.81 bits per heavy atom. The fraction of sp³-hybridized carbons (Fsp3) is 0.615. The van der Waals surface area contributed by atoms with Crippen molar-refractivity contribution in [3.05, 3.63) is 24.3 Å². The summed E-state index contributed by atoms with van der Waals surface area (Å²) in [5.74, 6) is -2.57. The summed E-state index contributed by atoms with van der Waals surface area (Å²) >= 11 is 0. The lowest BCUT2D eigenvalue weighted by Gasteiger charge is -2.38. The number of nitrogens with one attached hydrogen (secondary N) is 1. The third-order valence-corrected chi connectivity index (χ3v) is 6.02. The van der Waals surface area contributed by atoms with Gasteiger partial charge in [0.05, 0.1) is 23.8 Å². The number of carboxylic acid groups (broad SMARTS) is 1. The van der Waals surface area contributed by atoms with Gasteiger partial charge in [-0.3, -0.25) is 19.3 Å². The second kappa shape index (κ2) is 11.8. The van der Waals surface area contributed by atoms with E-state index in [1.54, 1.807) is 58.9 Å². The maximum atomic E-state index is 13.5. The Hall–Kier alpha value is -3.34. The minimum atomic E-state index is -1.21. The summed E-state index contributed by atoms with van der Waals surface area (Å²) in [7, 11) is 0. The van der Waals surface area contributed by atoms with Crippen LogP contribution in [0.4, 0.5) is 10.5 Å². The number of fused-ring (bicyclic) bond motifs is 1. The highest BCUT2D eigenvalue weighted by Gasteiger charge is 2.39. The zero-order valence-electron chi connectivity index (χ0n) is 22.3. The molecule has 206 valence electrons. The average molecular weight is 522 g/mol. The molecule has 11 nitrogen and oxygen atoms in total. The van der Waals surface area contributed by atoms with Gasteiger partial charge in [0.25, 0.3) is 0 Å². The van der Waals surface area contributed by atoms with Gasteiger partial charge in [0, 0.05) is 6.42 Å². The van der Waals surface area contributed by atoms with Crippen LogP contribution < -0.4 is 20.7 Å². The summed E-state index contributed by atoms with van der Waals surface area (Å²) in [4.78, 5) is 50.8. The van der Waals surface area contributed by atoms with Crippen molar-refractivity contribution in [2.45, 2.75) is 84.6 Å². The molecule has 4 atom stereocenters. The largest absolute Gasteiger partial charge is 0.489 e. The van der Waals surface area contributed by atoms with Crippen molar-refractivity contribution in [3.63, 3.8) is 0 Å². The van der Waals surface area contributed by atoms with Crippen molar-refractivity contribution < 1.29 is 38.9 Å². The number of aliphatic carboxylic acids is 1. The highest BCUT2D eigenvalue weighted by Crippen LogP contribution is 2.37. The Morgan fingerprint density at radius 3 is 2.38 bits per heavy atom. The van der Waals surface area contributed by atoms with Gasteiger partial charge in [-0.15, -0.1) is 0 Å². The number of primary amides is 1. The monoisotopic (exact) mass is 521 g/mol. The van der Waals surface area contributed by atoms with Gasteiger partial charge in [0.2, 0.25) is 11.8 Å². The zero-order valence-corrected chi connectivity index (χ0v) is 22.3. The summed E-state index contributed by atoms with van der Waals surface area (Å²) in [5.41, 5.74) is 4.41. The summed E-state index contributed by atoms with van der Waals surface area (Å²) < 4.78 is 10.9. The molecule has 0 spiro atoms. The normalized spacial score (nSPS) is 18.0. The Morgan fingerprint density at radius 1 is 1.19 bits per heavy atom. The number of benzene rings is 1. The zero-order chi connectivity index (χ0) is 28.1. The van der Waals surface area contributed by atoms with E-state index in [1.807, 2.05) is 0 Å². The number of aliphatic hydroxyl groups is 1. The van der Waals surface area contributed by atoms with Gasteiger partial charge in [-0.05, 0) is 51.2 Å². The molecule has 0 saturated carbocycles. The van der Waals surface area contributed by atoms with E-state index in [2.05, 4.69) is 5.32 Å². The standard InChI is InChI=1S/C26H39N3O8/c1-15(23(33)34)11-19(30)16(28-24(35)37-25(2,3)4)12-26(5,6)13-21(31)29-17-9-7-8-10-20(17)36-14-18(29)22(27)32/h7-10,15-16,18-19,30H,11-14H2,1-6H3,(H2,27,32)(H,28,35)(H,33,34)/t15-,16+,18-,19+/m1/s1. The van der Waals surface area contributed by atoms with Gasteiger partial charge in [0.1, 0.15) is 24.0 Å². The first-order valence-corrected chi connectivity index (χ1v) is 12.2. The minimum absolute atomic E-state index is 0.0567. The van der Waals surface area contributed by atoms with E-state index in [9.17, 15) is 29.4 Å². The number of carbonyl (C=O) groups is 4. The van der Waals surface area contributed by atoms with Crippen LogP contribution in [0.15, 0.2) is 24.3 Å². The SMILES string of the molecule is C[C@H](C[C@H](O)[C@H](CC(C)(C)CC(=O)N1c2ccccc2OC[C@@H]1C(N)=O)NC(=O)OC(C)(C)C)C(=O)O. The minimum Gasteiger partial charge on any atom is -0.489 e. The lowest BCUT2D eigenvalue weighted by atomic mass is 9.79. The Kier molecular flexibility index (Phi) is 9.54. The number of rotatable bonds is 10.